The molecule has 0 bridgehead atoms. The fraction of sp³-hybridized carbons (Fsp3) is 0.333. The summed E-state index contributed by atoms with van der Waals surface area (Å²) in [6.45, 7) is 1.53. The zero-order valence-corrected chi connectivity index (χ0v) is 7.72. The van der Waals surface area contributed by atoms with Gasteiger partial charge in [0.2, 0.25) is 0 Å². The molecule has 0 aliphatic heterocycles. The molecule has 0 radical (unpaired) electrons. The van der Waals surface area contributed by atoms with E-state index in [4.69, 9.17) is 10.8 Å². The summed E-state index contributed by atoms with van der Waals surface area (Å²) in [7, 11) is 0. The molecule has 0 heterocycles. The van der Waals surface area contributed by atoms with E-state index in [1.54, 1.807) is 6.92 Å². The number of rotatable bonds is 3. The smallest absolute Gasteiger partial charge is 0.151 e. The molecule has 0 aliphatic rings. The van der Waals surface area contributed by atoms with E-state index in [2.05, 4.69) is 5.32 Å². The molecule has 0 aromatic heterocycles. The number of anilines is 2. The number of nitrogens with two attached hydrogens (primary N) is 1. The molecule has 14 heavy (non-hydrogen) atoms. The van der Waals surface area contributed by atoms with E-state index in [1.807, 2.05) is 0 Å². The van der Waals surface area contributed by atoms with Crippen LogP contribution in [-0.2, 0) is 0 Å². The Labute approximate surface area is 80.5 Å². The zero-order valence-electron chi connectivity index (χ0n) is 7.72. The van der Waals surface area contributed by atoms with E-state index in [-0.39, 0.29) is 24.0 Å². The van der Waals surface area contributed by atoms with E-state index in [1.165, 1.54) is 0 Å². The molecule has 5 heteroatoms. The van der Waals surface area contributed by atoms with Crippen LogP contribution in [0.25, 0.3) is 0 Å². The summed E-state index contributed by atoms with van der Waals surface area (Å²) in [4.78, 5) is 0. The van der Waals surface area contributed by atoms with Crippen LogP contribution in [0.15, 0.2) is 12.1 Å². The van der Waals surface area contributed by atoms with Gasteiger partial charge in [-0.05, 0) is 13.0 Å². The molecule has 0 aliphatic carbocycles. The van der Waals surface area contributed by atoms with Crippen LogP contribution in [-0.4, -0.2) is 17.8 Å². The summed E-state index contributed by atoms with van der Waals surface area (Å²) < 4.78 is 25.7. The Balaban J connectivity index is 2.96. The standard InChI is InChI=1S/C9H12F2N2O/c1-5(4-14)13-8-3-6(10)2-7(11)9(8)12/h2-3,5,13-14H,4,12H2,1H3. The van der Waals surface area contributed by atoms with Gasteiger partial charge < -0.3 is 16.2 Å². The fourth-order valence-corrected chi connectivity index (χ4v) is 1.02. The molecular formula is C9H12F2N2O. The van der Waals surface area contributed by atoms with Gasteiger partial charge >= 0.3 is 0 Å². The van der Waals surface area contributed by atoms with Crippen LogP contribution in [0.5, 0.6) is 0 Å². The van der Waals surface area contributed by atoms with E-state index in [0.29, 0.717) is 6.07 Å². The number of nitrogens with one attached hydrogen (secondary N) is 1. The third-order valence-corrected chi connectivity index (χ3v) is 1.77. The van der Waals surface area contributed by atoms with Crippen LogP contribution in [0, 0.1) is 11.6 Å². The van der Waals surface area contributed by atoms with Crippen molar-refractivity contribution in [3.8, 4) is 0 Å². The monoisotopic (exact) mass is 202 g/mol. The van der Waals surface area contributed by atoms with Crippen LogP contribution >= 0.6 is 0 Å². The number of aliphatic hydroxyl groups excluding tert-OH is 1. The van der Waals surface area contributed by atoms with Gasteiger partial charge in [0, 0.05) is 12.1 Å². The molecule has 0 spiro atoms. The summed E-state index contributed by atoms with van der Waals surface area (Å²) in [5, 5.41) is 11.4. The normalized spacial score (nSPS) is 12.6. The zero-order chi connectivity index (χ0) is 10.7. The van der Waals surface area contributed by atoms with Crippen molar-refractivity contribution in [1.82, 2.24) is 0 Å². The Morgan fingerprint density at radius 3 is 2.71 bits per heavy atom. The Morgan fingerprint density at radius 2 is 2.14 bits per heavy atom. The molecule has 4 N–H and O–H groups in total. The second kappa shape index (κ2) is 4.23. The predicted molar refractivity (Wildman–Crippen MR) is 50.9 cm³/mol. The van der Waals surface area contributed by atoms with Crippen molar-refractivity contribution in [3.05, 3.63) is 23.8 Å². The van der Waals surface area contributed by atoms with Crippen LogP contribution in [0.2, 0.25) is 0 Å². The first-order chi connectivity index (χ1) is 6.54. The van der Waals surface area contributed by atoms with Gasteiger partial charge in [-0.3, -0.25) is 0 Å². The molecule has 1 atom stereocenters. The Morgan fingerprint density at radius 1 is 1.50 bits per heavy atom. The Hall–Kier alpha value is -1.36. The highest BCUT2D eigenvalue weighted by molar-refractivity contribution is 5.67. The lowest BCUT2D eigenvalue weighted by Gasteiger charge is -2.14. The number of halogens is 2. The largest absolute Gasteiger partial charge is 0.395 e. The number of benzene rings is 1. The summed E-state index contributed by atoms with van der Waals surface area (Å²) in [6.07, 6.45) is 0. The number of aliphatic hydroxyl groups is 1. The maximum absolute atomic E-state index is 12.9. The van der Waals surface area contributed by atoms with Gasteiger partial charge in [0.15, 0.2) is 5.82 Å². The van der Waals surface area contributed by atoms with E-state index in [9.17, 15) is 8.78 Å². The second-order valence-electron chi connectivity index (χ2n) is 3.08. The highest BCUT2D eigenvalue weighted by Crippen LogP contribution is 2.23. The molecule has 0 saturated carbocycles. The molecule has 3 nitrogen and oxygen atoms in total. The van der Waals surface area contributed by atoms with Crippen molar-refractivity contribution in [2.75, 3.05) is 17.7 Å². The van der Waals surface area contributed by atoms with Gasteiger partial charge in [-0.15, -0.1) is 0 Å². The average molecular weight is 202 g/mol. The fourth-order valence-electron chi connectivity index (χ4n) is 1.02. The van der Waals surface area contributed by atoms with Crippen LogP contribution in [0.4, 0.5) is 20.2 Å². The highest BCUT2D eigenvalue weighted by Gasteiger charge is 2.09. The van der Waals surface area contributed by atoms with E-state index >= 15 is 0 Å². The van der Waals surface area contributed by atoms with Gasteiger partial charge in [-0.2, -0.15) is 0 Å². The average Bonchev–Trinajstić information content (AvgIpc) is 2.13. The SMILES string of the molecule is CC(CO)Nc1cc(F)cc(F)c1N. The summed E-state index contributed by atoms with van der Waals surface area (Å²) in [5.41, 5.74) is 5.38. The van der Waals surface area contributed by atoms with Crippen LogP contribution in [0.3, 0.4) is 0 Å². The number of hydrogen-bond donors (Lipinski definition) is 3. The van der Waals surface area contributed by atoms with Gasteiger partial charge in [0.1, 0.15) is 5.82 Å². The van der Waals surface area contributed by atoms with Crippen molar-refractivity contribution >= 4 is 11.4 Å². The van der Waals surface area contributed by atoms with Crippen molar-refractivity contribution in [1.29, 1.82) is 0 Å². The lowest BCUT2D eigenvalue weighted by molar-refractivity contribution is 0.281. The quantitative estimate of drug-likeness (QED) is 0.648. The lowest BCUT2D eigenvalue weighted by Crippen LogP contribution is -2.20. The molecule has 1 unspecified atom stereocenters. The topological polar surface area (TPSA) is 58.3 Å². The molecule has 0 fully saturated rings. The van der Waals surface area contributed by atoms with Crippen LogP contribution < -0.4 is 11.1 Å². The molecular weight excluding hydrogens is 190 g/mol. The third kappa shape index (κ3) is 2.32. The molecule has 78 valence electrons. The summed E-state index contributed by atoms with van der Waals surface area (Å²) >= 11 is 0. The maximum atomic E-state index is 12.9. The van der Waals surface area contributed by atoms with Crippen molar-refractivity contribution < 1.29 is 13.9 Å². The maximum Gasteiger partial charge on any atom is 0.151 e. The van der Waals surface area contributed by atoms with Gasteiger partial charge in [-0.25, -0.2) is 8.78 Å². The second-order valence-corrected chi connectivity index (χ2v) is 3.08. The molecule has 1 aromatic rings. The van der Waals surface area contributed by atoms with Gasteiger partial charge in [-0.1, -0.05) is 0 Å². The predicted octanol–water partition coefficient (Wildman–Crippen LogP) is 1.34. The molecule has 1 aromatic carbocycles. The van der Waals surface area contributed by atoms with E-state index < -0.39 is 11.6 Å². The van der Waals surface area contributed by atoms with Gasteiger partial charge in [0.05, 0.1) is 18.0 Å². The molecule has 0 saturated heterocycles. The minimum atomic E-state index is -0.808. The molecule has 1 rings (SSSR count). The third-order valence-electron chi connectivity index (χ3n) is 1.77. The first-order valence-corrected chi connectivity index (χ1v) is 4.16. The van der Waals surface area contributed by atoms with Crippen molar-refractivity contribution in [2.24, 2.45) is 0 Å². The summed E-state index contributed by atoms with van der Waals surface area (Å²) in [6, 6.07) is 1.49. The van der Waals surface area contributed by atoms with Crippen LogP contribution in [0.1, 0.15) is 6.92 Å². The molecule has 0 amide bonds. The lowest BCUT2D eigenvalue weighted by atomic mass is 10.2. The highest BCUT2D eigenvalue weighted by atomic mass is 19.1. The van der Waals surface area contributed by atoms with E-state index in [0.717, 1.165) is 6.07 Å². The van der Waals surface area contributed by atoms with Crippen molar-refractivity contribution in [3.63, 3.8) is 0 Å². The first kappa shape index (κ1) is 10.7. The Bertz CT molecular complexity index is 331. The summed E-state index contributed by atoms with van der Waals surface area (Å²) in [5.74, 6) is -1.51. The first-order valence-electron chi connectivity index (χ1n) is 4.16. The minimum absolute atomic E-state index is 0.141. The minimum Gasteiger partial charge on any atom is -0.395 e. The number of hydrogen-bond acceptors (Lipinski definition) is 3. The number of nitrogen functional groups attached to an aromatic ring is 1. The van der Waals surface area contributed by atoms with Crippen molar-refractivity contribution in [2.45, 2.75) is 13.0 Å². The van der Waals surface area contributed by atoms with Gasteiger partial charge in [0.25, 0.3) is 0 Å². The Kier molecular flexibility index (Phi) is 3.24.